The van der Waals surface area contributed by atoms with Gasteiger partial charge in [0.25, 0.3) is 0 Å². The maximum atomic E-state index is 5.60. The number of hydrogen-bond donors (Lipinski definition) is 2. The molecule has 3 heteroatoms. The molecule has 0 bridgehead atoms. The van der Waals surface area contributed by atoms with Gasteiger partial charge in [-0.2, -0.15) is 0 Å². The fourth-order valence-corrected chi connectivity index (χ4v) is 1.54. The first-order valence-electron chi connectivity index (χ1n) is 6.39. The summed E-state index contributed by atoms with van der Waals surface area (Å²) in [7, 11) is 0. The van der Waals surface area contributed by atoms with Crippen molar-refractivity contribution in [1.82, 2.24) is 10.6 Å². The van der Waals surface area contributed by atoms with Gasteiger partial charge >= 0.3 is 0 Å². The van der Waals surface area contributed by atoms with Gasteiger partial charge in [-0.3, -0.25) is 0 Å². The highest BCUT2D eigenvalue weighted by atomic mass is 16.5. The third-order valence-electron chi connectivity index (χ3n) is 2.35. The Kier molecular flexibility index (Phi) is 6.67. The molecule has 0 spiro atoms. The summed E-state index contributed by atoms with van der Waals surface area (Å²) >= 11 is 0. The monoisotopic (exact) mass is 236 g/mol. The summed E-state index contributed by atoms with van der Waals surface area (Å²) in [4.78, 5) is 0. The van der Waals surface area contributed by atoms with E-state index < -0.39 is 0 Å². The molecule has 96 valence electrons. The van der Waals surface area contributed by atoms with Crippen LogP contribution >= 0.6 is 0 Å². The molecule has 0 radical (unpaired) electrons. The van der Waals surface area contributed by atoms with Gasteiger partial charge in [-0.1, -0.05) is 19.1 Å². The van der Waals surface area contributed by atoms with E-state index in [0.717, 1.165) is 31.9 Å². The lowest BCUT2D eigenvalue weighted by atomic mass is 10.2. The quantitative estimate of drug-likeness (QED) is 0.679. The van der Waals surface area contributed by atoms with E-state index >= 15 is 0 Å². The van der Waals surface area contributed by atoms with Crippen LogP contribution in [0.25, 0.3) is 0 Å². The molecule has 0 unspecified atom stereocenters. The summed E-state index contributed by atoms with van der Waals surface area (Å²) in [5.74, 6) is 0.941. The molecule has 17 heavy (non-hydrogen) atoms. The fourth-order valence-electron chi connectivity index (χ4n) is 1.54. The van der Waals surface area contributed by atoms with Gasteiger partial charge in [0, 0.05) is 19.6 Å². The van der Waals surface area contributed by atoms with Gasteiger partial charge in [0.1, 0.15) is 5.75 Å². The molecule has 0 atom stereocenters. The van der Waals surface area contributed by atoms with Gasteiger partial charge in [-0.05, 0) is 38.1 Å². The molecule has 2 N–H and O–H groups in total. The molecule has 0 heterocycles. The van der Waals surface area contributed by atoms with E-state index in [9.17, 15) is 0 Å². The van der Waals surface area contributed by atoms with Crippen LogP contribution in [-0.2, 0) is 6.54 Å². The van der Waals surface area contributed by atoms with Crippen molar-refractivity contribution in [3.8, 4) is 5.75 Å². The summed E-state index contributed by atoms with van der Waals surface area (Å²) in [6, 6.07) is 8.28. The summed E-state index contributed by atoms with van der Waals surface area (Å²) in [5, 5.41) is 6.68. The largest absolute Gasteiger partial charge is 0.491 e. The lowest BCUT2D eigenvalue weighted by Gasteiger charge is -2.10. The Morgan fingerprint density at radius 2 is 1.71 bits per heavy atom. The first kappa shape index (κ1) is 14.0. The maximum absolute atomic E-state index is 5.60. The lowest BCUT2D eigenvalue weighted by molar-refractivity contribution is 0.242. The third-order valence-corrected chi connectivity index (χ3v) is 2.35. The SMILES string of the molecule is CCNCCNCc1ccc(OC(C)C)cc1. The molecule has 0 aliphatic carbocycles. The van der Waals surface area contributed by atoms with Crippen molar-refractivity contribution >= 4 is 0 Å². The zero-order chi connectivity index (χ0) is 12.5. The van der Waals surface area contributed by atoms with Crippen LogP contribution in [0.3, 0.4) is 0 Å². The Balaban J connectivity index is 2.25. The van der Waals surface area contributed by atoms with Gasteiger partial charge in [-0.25, -0.2) is 0 Å². The molecule has 0 fully saturated rings. The van der Waals surface area contributed by atoms with Crippen molar-refractivity contribution in [2.24, 2.45) is 0 Å². The number of nitrogens with one attached hydrogen (secondary N) is 2. The van der Waals surface area contributed by atoms with Crippen molar-refractivity contribution in [2.75, 3.05) is 19.6 Å². The minimum Gasteiger partial charge on any atom is -0.491 e. The summed E-state index contributed by atoms with van der Waals surface area (Å²) in [5.41, 5.74) is 1.29. The van der Waals surface area contributed by atoms with E-state index in [-0.39, 0.29) is 6.10 Å². The third kappa shape index (κ3) is 6.29. The Morgan fingerprint density at radius 1 is 1.06 bits per heavy atom. The molecule has 3 nitrogen and oxygen atoms in total. The Morgan fingerprint density at radius 3 is 2.29 bits per heavy atom. The molecule has 1 aromatic carbocycles. The molecule has 0 amide bonds. The van der Waals surface area contributed by atoms with E-state index in [1.165, 1.54) is 5.56 Å². The second-order valence-corrected chi connectivity index (χ2v) is 4.34. The number of ether oxygens (including phenoxy) is 1. The highest BCUT2D eigenvalue weighted by Crippen LogP contribution is 2.13. The number of likely N-dealkylation sites (N-methyl/N-ethyl adjacent to an activating group) is 1. The first-order chi connectivity index (χ1) is 8.22. The minimum absolute atomic E-state index is 0.235. The summed E-state index contributed by atoms with van der Waals surface area (Å²) in [6.45, 7) is 10.2. The fraction of sp³-hybridized carbons (Fsp3) is 0.571. The zero-order valence-corrected chi connectivity index (χ0v) is 11.1. The second kappa shape index (κ2) is 8.09. The van der Waals surface area contributed by atoms with Gasteiger partial charge in [0.2, 0.25) is 0 Å². The summed E-state index contributed by atoms with van der Waals surface area (Å²) in [6.07, 6.45) is 0.235. The molecule has 1 rings (SSSR count). The van der Waals surface area contributed by atoms with E-state index in [1.807, 2.05) is 26.0 Å². The minimum atomic E-state index is 0.235. The van der Waals surface area contributed by atoms with Crippen LogP contribution in [0.2, 0.25) is 0 Å². The molecular formula is C14H24N2O. The van der Waals surface area contributed by atoms with Crippen LogP contribution in [-0.4, -0.2) is 25.7 Å². The van der Waals surface area contributed by atoms with Gasteiger partial charge in [-0.15, -0.1) is 0 Å². The molecular weight excluding hydrogens is 212 g/mol. The first-order valence-corrected chi connectivity index (χ1v) is 6.39. The van der Waals surface area contributed by atoms with Crippen molar-refractivity contribution in [1.29, 1.82) is 0 Å². The molecule has 0 aliphatic rings. The molecule has 0 saturated heterocycles. The van der Waals surface area contributed by atoms with Crippen molar-refractivity contribution in [2.45, 2.75) is 33.4 Å². The maximum Gasteiger partial charge on any atom is 0.119 e. The van der Waals surface area contributed by atoms with Gasteiger partial charge < -0.3 is 15.4 Å². The van der Waals surface area contributed by atoms with E-state index in [1.54, 1.807) is 0 Å². The van der Waals surface area contributed by atoms with Crippen LogP contribution in [0.15, 0.2) is 24.3 Å². The molecule has 0 aliphatic heterocycles. The molecule has 0 aromatic heterocycles. The smallest absolute Gasteiger partial charge is 0.119 e. The predicted octanol–water partition coefficient (Wildman–Crippen LogP) is 2.17. The predicted molar refractivity (Wildman–Crippen MR) is 72.5 cm³/mol. The Hall–Kier alpha value is -1.06. The van der Waals surface area contributed by atoms with Gasteiger partial charge in [0.05, 0.1) is 6.10 Å². The van der Waals surface area contributed by atoms with E-state index in [4.69, 9.17) is 4.74 Å². The normalized spacial score (nSPS) is 10.8. The Labute approximate surface area is 105 Å². The number of benzene rings is 1. The highest BCUT2D eigenvalue weighted by molar-refractivity contribution is 5.27. The van der Waals surface area contributed by atoms with Gasteiger partial charge in [0.15, 0.2) is 0 Å². The average molecular weight is 236 g/mol. The van der Waals surface area contributed by atoms with Crippen molar-refractivity contribution in [3.05, 3.63) is 29.8 Å². The zero-order valence-electron chi connectivity index (χ0n) is 11.1. The van der Waals surface area contributed by atoms with Crippen LogP contribution in [0, 0.1) is 0 Å². The number of hydrogen-bond acceptors (Lipinski definition) is 3. The van der Waals surface area contributed by atoms with Crippen LogP contribution in [0.5, 0.6) is 5.75 Å². The van der Waals surface area contributed by atoms with E-state index in [2.05, 4.69) is 29.7 Å². The van der Waals surface area contributed by atoms with Crippen molar-refractivity contribution in [3.63, 3.8) is 0 Å². The van der Waals surface area contributed by atoms with Crippen LogP contribution in [0.1, 0.15) is 26.3 Å². The van der Waals surface area contributed by atoms with Crippen molar-refractivity contribution < 1.29 is 4.74 Å². The number of rotatable bonds is 8. The Bertz CT molecular complexity index is 296. The van der Waals surface area contributed by atoms with E-state index in [0.29, 0.717) is 0 Å². The summed E-state index contributed by atoms with van der Waals surface area (Å²) < 4.78 is 5.60. The average Bonchev–Trinajstić information content (AvgIpc) is 2.30. The lowest BCUT2D eigenvalue weighted by Crippen LogP contribution is -2.26. The highest BCUT2D eigenvalue weighted by Gasteiger charge is 1.97. The topological polar surface area (TPSA) is 33.3 Å². The molecule has 0 saturated carbocycles. The van der Waals surface area contributed by atoms with Crippen LogP contribution in [0.4, 0.5) is 0 Å². The molecule has 1 aromatic rings. The second-order valence-electron chi connectivity index (χ2n) is 4.34. The standard InChI is InChI=1S/C14H24N2O/c1-4-15-9-10-16-11-13-5-7-14(8-6-13)17-12(2)3/h5-8,12,15-16H,4,9-11H2,1-3H3. The van der Waals surface area contributed by atoms with Crippen LogP contribution < -0.4 is 15.4 Å².